The van der Waals surface area contributed by atoms with Crippen LogP contribution in [0.4, 0.5) is 0 Å². The lowest BCUT2D eigenvalue weighted by Crippen LogP contribution is -2.12. The van der Waals surface area contributed by atoms with Gasteiger partial charge in [-0.15, -0.1) is 0 Å². The van der Waals surface area contributed by atoms with Crippen molar-refractivity contribution in [3.05, 3.63) is 24.8 Å². The monoisotopic (exact) mass is 237 g/mol. The number of unbranched alkanes of at least 4 members (excludes halogenated alkanes) is 5. The molecule has 0 aromatic rings. The predicted octanol–water partition coefficient (Wildman–Crippen LogP) is 2.90. The molecule has 0 saturated carbocycles. The lowest BCUT2D eigenvalue weighted by Gasteiger charge is -2.02. The second-order valence-corrected chi connectivity index (χ2v) is 4.26. The van der Waals surface area contributed by atoms with Gasteiger partial charge < -0.3 is 5.73 Å². The summed E-state index contributed by atoms with van der Waals surface area (Å²) in [6.07, 6.45) is 9.04. The Labute approximate surface area is 104 Å². The average molecular weight is 237 g/mol. The smallest absolute Gasteiger partial charge is 0.244 e. The van der Waals surface area contributed by atoms with Crippen molar-refractivity contribution in [2.45, 2.75) is 51.4 Å². The van der Waals surface area contributed by atoms with Crippen LogP contribution in [0.3, 0.4) is 0 Å². The molecule has 0 saturated heterocycles. The molecule has 0 fully saturated rings. The number of hydrogen-bond acceptors (Lipinski definition) is 2. The Morgan fingerprint density at radius 2 is 1.41 bits per heavy atom. The molecule has 17 heavy (non-hydrogen) atoms. The van der Waals surface area contributed by atoms with Crippen LogP contribution < -0.4 is 5.73 Å². The number of carbonyl (C=O) groups excluding carboxylic acids is 2. The van der Waals surface area contributed by atoms with Crippen molar-refractivity contribution in [2.24, 2.45) is 5.73 Å². The van der Waals surface area contributed by atoms with Crippen LogP contribution in [0.25, 0.3) is 0 Å². The Balaban J connectivity index is 3.24. The highest BCUT2D eigenvalue weighted by Crippen LogP contribution is 2.11. The summed E-state index contributed by atoms with van der Waals surface area (Å²) in [5.41, 5.74) is 5.59. The Bertz CT molecular complexity index is 282. The highest BCUT2D eigenvalue weighted by atomic mass is 16.1. The van der Waals surface area contributed by atoms with Gasteiger partial charge in [0, 0.05) is 12.0 Å². The second kappa shape index (κ2) is 9.82. The molecule has 0 aliphatic heterocycles. The fraction of sp³-hybridized carbons (Fsp3) is 0.571. The van der Waals surface area contributed by atoms with Crippen molar-refractivity contribution in [1.29, 1.82) is 0 Å². The molecule has 2 N–H and O–H groups in total. The van der Waals surface area contributed by atoms with E-state index in [4.69, 9.17) is 5.73 Å². The van der Waals surface area contributed by atoms with Gasteiger partial charge in [-0.3, -0.25) is 9.59 Å². The van der Waals surface area contributed by atoms with E-state index in [0.717, 1.165) is 38.5 Å². The van der Waals surface area contributed by atoms with E-state index in [0.29, 0.717) is 18.4 Å². The molecule has 96 valence electrons. The molecule has 1 amide bonds. The van der Waals surface area contributed by atoms with E-state index in [1.54, 1.807) is 0 Å². The maximum absolute atomic E-state index is 10.9. The minimum atomic E-state index is -0.395. The molecule has 0 radical (unpaired) electrons. The van der Waals surface area contributed by atoms with E-state index in [9.17, 15) is 9.59 Å². The number of amides is 1. The van der Waals surface area contributed by atoms with Crippen LogP contribution in [0.2, 0.25) is 0 Å². The molecular weight excluding hydrogens is 214 g/mol. The van der Waals surface area contributed by atoms with Gasteiger partial charge in [0.05, 0.1) is 0 Å². The largest absolute Gasteiger partial charge is 0.366 e. The summed E-state index contributed by atoms with van der Waals surface area (Å²) in [6.45, 7) is 7.04. The number of nitrogens with two attached hydrogens (primary N) is 1. The summed E-state index contributed by atoms with van der Waals surface area (Å²) >= 11 is 0. The number of allylic oxidation sites excluding steroid dienone is 1. The molecule has 0 heterocycles. The zero-order chi connectivity index (χ0) is 13.1. The normalized spacial score (nSPS) is 9.88. The number of primary amides is 1. The minimum absolute atomic E-state index is 0.128. The zero-order valence-corrected chi connectivity index (χ0v) is 10.5. The third-order valence-corrected chi connectivity index (χ3v) is 2.73. The topological polar surface area (TPSA) is 60.2 Å². The molecular formula is C14H23NO2. The van der Waals surface area contributed by atoms with Crippen LogP contribution in [0.15, 0.2) is 24.8 Å². The van der Waals surface area contributed by atoms with Crippen LogP contribution in [-0.2, 0) is 9.59 Å². The molecule has 0 aliphatic rings. The van der Waals surface area contributed by atoms with Crippen LogP contribution in [0.5, 0.6) is 0 Å². The SMILES string of the molecule is C=CC(=O)CCCCCCCCC(=C)C(N)=O. The van der Waals surface area contributed by atoms with E-state index < -0.39 is 5.91 Å². The first-order valence-electron chi connectivity index (χ1n) is 6.20. The van der Waals surface area contributed by atoms with Crippen molar-refractivity contribution in [2.75, 3.05) is 0 Å². The van der Waals surface area contributed by atoms with Gasteiger partial charge >= 0.3 is 0 Å². The van der Waals surface area contributed by atoms with Crippen LogP contribution in [-0.4, -0.2) is 11.7 Å². The maximum Gasteiger partial charge on any atom is 0.244 e. The third kappa shape index (κ3) is 9.54. The van der Waals surface area contributed by atoms with E-state index in [1.807, 2.05) is 0 Å². The molecule has 0 bridgehead atoms. The molecule has 0 aliphatic carbocycles. The Kier molecular flexibility index (Phi) is 9.02. The zero-order valence-electron chi connectivity index (χ0n) is 10.5. The summed E-state index contributed by atoms with van der Waals surface area (Å²) in [7, 11) is 0. The molecule has 3 heteroatoms. The quantitative estimate of drug-likeness (QED) is 0.443. The minimum Gasteiger partial charge on any atom is -0.366 e. The second-order valence-electron chi connectivity index (χ2n) is 4.26. The van der Waals surface area contributed by atoms with E-state index >= 15 is 0 Å². The molecule has 0 atom stereocenters. The summed E-state index contributed by atoms with van der Waals surface area (Å²) in [5.74, 6) is -0.268. The predicted molar refractivity (Wildman–Crippen MR) is 70.5 cm³/mol. The molecule has 0 aromatic carbocycles. The molecule has 3 nitrogen and oxygen atoms in total. The van der Waals surface area contributed by atoms with Crippen molar-refractivity contribution in [3.63, 3.8) is 0 Å². The Hall–Kier alpha value is -1.38. The van der Waals surface area contributed by atoms with Gasteiger partial charge in [-0.05, 0) is 25.3 Å². The fourth-order valence-electron chi connectivity index (χ4n) is 1.57. The summed E-state index contributed by atoms with van der Waals surface area (Å²) < 4.78 is 0. The van der Waals surface area contributed by atoms with Crippen molar-refractivity contribution in [1.82, 2.24) is 0 Å². The maximum atomic E-state index is 10.9. The summed E-state index contributed by atoms with van der Waals surface area (Å²) in [4.78, 5) is 21.6. The summed E-state index contributed by atoms with van der Waals surface area (Å²) in [5, 5.41) is 0. The Morgan fingerprint density at radius 1 is 0.941 bits per heavy atom. The molecule has 0 unspecified atom stereocenters. The number of ketones is 1. The van der Waals surface area contributed by atoms with E-state index in [-0.39, 0.29) is 5.78 Å². The highest BCUT2D eigenvalue weighted by molar-refractivity contribution is 5.91. The van der Waals surface area contributed by atoms with Gasteiger partial charge in [0.1, 0.15) is 0 Å². The third-order valence-electron chi connectivity index (χ3n) is 2.73. The fourth-order valence-corrected chi connectivity index (χ4v) is 1.57. The van der Waals surface area contributed by atoms with Crippen molar-refractivity contribution < 1.29 is 9.59 Å². The van der Waals surface area contributed by atoms with Gasteiger partial charge in [0.15, 0.2) is 5.78 Å². The van der Waals surface area contributed by atoms with Crippen molar-refractivity contribution >= 4 is 11.7 Å². The molecule has 0 aromatic heterocycles. The van der Waals surface area contributed by atoms with Crippen molar-refractivity contribution in [3.8, 4) is 0 Å². The van der Waals surface area contributed by atoms with Crippen LogP contribution in [0, 0.1) is 0 Å². The summed E-state index contributed by atoms with van der Waals surface area (Å²) in [6, 6.07) is 0. The van der Waals surface area contributed by atoms with Crippen LogP contribution >= 0.6 is 0 Å². The molecule has 0 rings (SSSR count). The number of hydrogen-bond donors (Lipinski definition) is 1. The number of carbonyl (C=O) groups is 2. The number of rotatable bonds is 11. The standard InChI is InChI=1S/C14H23NO2/c1-3-13(16)11-9-7-5-4-6-8-10-12(2)14(15)17/h3H,1-2,4-11H2,(H2,15,17). The first kappa shape index (κ1) is 15.6. The van der Waals surface area contributed by atoms with E-state index in [2.05, 4.69) is 13.2 Å². The van der Waals surface area contributed by atoms with Gasteiger partial charge in [-0.25, -0.2) is 0 Å². The Morgan fingerprint density at radius 3 is 1.88 bits per heavy atom. The average Bonchev–Trinajstić information content (AvgIpc) is 2.31. The van der Waals surface area contributed by atoms with Gasteiger partial charge in [0.2, 0.25) is 5.91 Å². The lowest BCUT2D eigenvalue weighted by molar-refractivity contribution is -0.115. The molecule has 0 spiro atoms. The lowest BCUT2D eigenvalue weighted by atomic mass is 10.0. The van der Waals surface area contributed by atoms with Crippen LogP contribution in [0.1, 0.15) is 51.4 Å². The highest BCUT2D eigenvalue weighted by Gasteiger charge is 2.00. The van der Waals surface area contributed by atoms with Gasteiger partial charge in [-0.2, -0.15) is 0 Å². The van der Waals surface area contributed by atoms with Gasteiger partial charge in [-0.1, -0.05) is 38.8 Å². The first-order chi connectivity index (χ1) is 8.07. The van der Waals surface area contributed by atoms with Gasteiger partial charge in [0.25, 0.3) is 0 Å². The first-order valence-corrected chi connectivity index (χ1v) is 6.20. The van der Waals surface area contributed by atoms with E-state index in [1.165, 1.54) is 6.08 Å².